The summed E-state index contributed by atoms with van der Waals surface area (Å²) in [7, 11) is -3.60. The van der Waals surface area contributed by atoms with Crippen LogP contribution >= 0.6 is 11.3 Å². The van der Waals surface area contributed by atoms with Gasteiger partial charge in [-0.15, -0.1) is 0 Å². The number of sulfonamides is 1. The third kappa shape index (κ3) is 4.64. The monoisotopic (exact) mass is 497 g/mol. The minimum absolute atomic E-state index is 0.163. The zero-order valence-corrected chi connectivity index (χ0v) is 21.2. The standard InChI is InChI=1S/C25H27N3O4S2/c1-5-27(6-2)34(30,31)21-11-9-19(10-12-21)24(29)28(16-20-8-7-13-32-20)25-26-22-14-17(3)18(4)15-23(22)33-25/h7-15H,5-6,16H2,1-4H3. The summed E-state index contributed by atoms with van der Waals surface area (Å²) in [5.41, 5.74) is 3.51. The van der Waals surface area contributed by atoms with Crippen molar-refractivity contribution in [2.24, 2.45) is 0 Å². The largest absolute Gasteiger partial charge is 0.467 e. The molecule has 0 aliphatic heterocycles. The van der Waals surface area contributed by atoms with Crippen molar-refractivity contribution in [3.05, 3.63) is 77.2 Å². The predicted molar refractivity (Wildman–Crippen MR) is 135 cm³/mol. The van der Waals surface area contributed by atoms with Gasteiger partial charge in [0.15, 0.2) is 5.13 Å². The fourth-order valence-corrected chi connectivity index (χ4v) is 6.21. The van der Waals surface area contributed by atoms with Crippen LogP contribution in [0.4, 0.5) is 5.13 Å². The number of nitrogens with zero attached hydrogens (tertiary/aromatic N) is 3. The highest BCUT2D eigenvalue weighted by atomic mass is 32.2. The number of amides is 1. The quantitative estimate of drug-likeness (QED) is 0.326. The van der Waals surface area contributed by atoms with E-state index in [1.165, 1.54) is 27.8 Å². The van der Waals surface area contributed by atoms with Crippen molar-refractivity contribution in [3.63, 3.8) is 0 Å². The van der Waals surface area contributed by atoms with Crippen LogP contribution in [0, 0.1) is 13.8 Å². The highest BCUT2D eigenvalue weighted by Gasteiger charge is 2.25. The van der Waals surface area contributed by atoms with Gasteiger partial charge in [-0.1, -0.05) is 25.2 Å². The van der Waals surface area contributed by atoms with E-state index in [9.17, 15) is 13.2 Å². The van der Waals surface area contributed by atoms with Crippen molar-refractivity contribution in [2.45, 2.75) is 39.1 Å². The summed E-state index contributed by atoms with van der Waals surface area (Å²) < 4.78 is 33.5. The molecule has 2 aromatic heterocycles. The second-order valence-corrected chi connectivity index (χ2v) is 10.9. The van der Waals surface area contributed by atoms with Gasteiger partial charge in [0.25, 0.3) is 5.91 Å². The van der Waals surface area contributed by atoms with Gasteiger partial charge < -0.3 is 4.42 Å². The molecule has 0 bridgehead atoms. The van der Waals surface area contributed by atoms with E-state index in [-0.39, 0.29) is 17.3 Å². The molecule has 34 heavy (non-hydrogen) atoms. The number of hydrogen-bond acceptors (Lipinski definition) is 6. The van der Waals surface area contributed by atoms with Gasteiger partial charge in [-0.3, -0.25) is 9.69 Å². The van der Waals surface area contributed by atoms with Crippen LogP contribution in [0.15, 0.2) is 64.1 Å². The van der Waals surface area contributed by atoms with Crippen LogP contribution in [0.1, 0.15) is 41.1 Å². The molecule has 0 atom stereocenters. The average molecular weight is 498 g/mol. The summed E-state index contributed by atoms with van der Waals surface area (Å²) in [5, 5.41) is 0.557. The molecule has 0 saturated carbocycles. The lowest BCUT2D eigenvalue weighted by Crippen LogP contribution is -2.31. The fourth-order valence-electron chi connectivity index (χ4n) is 3.71. The molecule has 9 heteroatoms. The molecule has 4 aromatic rings. The Bertz CT molecular complexity index is 1370. The number of fused-ring (bicyclic) bond motifs is 1. The molecule has 0 fully saturated rings. The number of aryl methyl sites for hydroxylation is 2. The molecule has 0 saturated heterocycles. The SMILES string of the molecule is CCN(CC)S(=O)(=O)c1ccc(C(=O)N(Cc2ccco2)c2nc3cc(C)c(C)cc3s2)cc1. The first kappa shape index (κ1) is 24.1. The molecule has 0 unspecified atom stereocenters. The second-order valence-electron chi connectivity index (χ2n) is 7.98. The first-order chi connectivity index (χ1) is 16.2. The maximum Gasteiger partial charge on any atom is 0.260 e. The van der Waals surface area contributed by atoms with Crippen molar-refractivity contribution in [1.29, 1.82) is 0 Å². The van der Waals surface area contributed by atoms with Crippen molar-refractivity contribution >= 4 is 42.6 Å². The molecular weight excluding hydrogens is 470 g/mol. The number of furan rings is 1. The Morgan fingerprint density at radius 2 is 1.71 bits per heavy atom. The van der Waals surface area contributed by atoms with E-state index < -0.39 is 10.0 Å². The number of aromatic nitrogens is 1. The lowest BCUT2D eigenvalue weighted by molar-refractivity contribution is 0.0983. The molecule has 0 radical (unpaired) electrons. The van der Waals surface area contributed by atoms with Crippen molar-refractivity contribution in [3.8, 4) is 0 Å². The highest BCUT2D eigenvalue weighted by Crippen LogP contribution is 2.32. The van der Waals surface area contributed by atoms with Crippen molar-refractivity contribution in [1.82, 2.24) is 9.29 Å². The van der Waals surface area contributed by atoms with E-state index in [2.05, 4.69) is 6.07 Å². The second kappa shape index (κ2) is 9.69. The zero-order valence-electron chi connectivity index (χ0n) is 19.6. The van der Waals surface area contributed by atoms with Gasteiger partial charge in [-0.25, -0.2) is 13.4 Å². The molecule has 2 aromatic carbocycles. The number of thiazole rings is 1. The number of anilines is 1. The molecule has 7 nitrogen and oxygen atoms in total. The summed E-state index contributed by atoms with van der Waals surface area (Å²) in [4.78, 5) is 20.0. The number of benzene rings is 2. The maximum atomic E-state index is 13.6. The molecule has 0 aliphatic rings. The zero-order chi connectivity index (χ0) is 24.5. The molecule has 2 heterocycles. The lowest BCUT2D eigenvalue weighted by Gasteiger charge is -2.20. The Labute approximate surface area is 203 Å². The molecular formula is C25H27N3O4S2. The molecule has 178 valence electrons. The Morgan fingerprint density at radius 1 is 1.03 bits per heavy atom. The van der Waals surface area contributed by atoms with Gasteiger partial charge in [0, 0.05) is 18.7 Å². The minimum Gasteiger partial charge on any atom is -0.467 e. The van der Waals surface area contributed by atoms with Crippen molar-refractivity contribution < 1.29 is 17.6 Å². The van der Waals surface area contributed by atoms with Crippen LogP contribution < -0.4 is 4.90 Å². The van der Waals surface area contributed by atoms with Crippen LogP contribution in [0.2, 0.25) is 0 Å². The molecule has 0 spiro atoms. The van der Waals surface area contributed by atoms with E-state index in [0.29, 0.717) is 29.5 Å². The third-order valence-electron chi connectivity index (χ3n) is 5.81. The molecule has 1 amide bonds. The number of carbonyl (C=O) groups excluding carboxylic acids is 1. The van der Waals surface area contributed by atoms with Crippen LogP contribution in [-0.4, -0.2) is 36.7 Å². The number of rotatable bonds is 8. The highest BCUT2D eigenvalue weighted by molar-refractivity contribution is 7.89. The molecule has 4 rings (SSSR count). The minimum atomic E-state index is -3.60. The smallest absolute Gasteiger partial charge is 0.260 e. The Hall–Kier alpha value is -3.01. The normalized spacial score (nSPS) is 11.9. The Balaban J connectivity index is 1.70. The van der Waals surface area contributed by atoms with E-state index in [0.717, 1.165) is 21.3 Å². The van der Waals surface area contributed by atoms with E-state index in [4.69, 9.17) is 9.40 Å². The van der Waals surface area contributed by atoms with Crippen LogP contribution in [-0.2, 0) is 16.6 Å². The van der Waals surface area contributed by atoms with Gasteiger partial charge in [-0.05, 0) is 73.5 Å². The summed E-state index contributed by atoms with van der Waals surface area (Å²) in [6, 6.07) is 13.7. The summed E-state index contributed by atoms with van der Waals surface area (Å²) in [6.45, 7) is 8.66. The summed E-state index contributed by atoms with van der Waals surface area (Å²) in [6.07, 6.45) is 1.57. The summed E-state index contributed by atoms with van der Waals surface area (Å²) >= 11 is 1.44. The molecule has 0 N–H and O–H groups in total. The van der Waals surface area contributed by atoms with E-state index in [1.54, 1.807) is 43.2 Å². The predicted octanol–water partition coefficient (Wildman–Crippen LogP) is 5.38. The first-order valence-corrected chi connectivity index (χ1v) is 13.3. The lowest BCUT2D eigenvalue weighted by atomic mass is 10.1. The van der Waals surface area contributed by atoms with Crippen molar-refractivity contribution in [2.75, 3.05) is 18.0 Å². The van der Waals surface area contributed by atoms with Gasteiger partial charge in [0.1, 0.15) is 5.76 Å². The number of carbonyl (C=O) groups is 1. The van der Waals surface area contributed by atoms with Gasteiger partial charge in [-0.2, -0.15) is 4.31 Å². The van der Waals surface area contributed by atoms with E-state index in [1.807, 2.05) is 26.0 Å². The molecule has 0 aliphatic carbocycles. The van der Waals surface area contributed by atoms with Gasteiger partial charge in [0.2, 0.25) is 10.0 Å². The topological polar surface area (TPSA) is 83.7 Å². The third-order valence-corrected chi connectivity index (χ3v) is 8.91. The Kier molecular flexibility index (Phi) is 6.88. The fraction of sp³-hybridized carbons (Fsp3) is 0.280. The van der Waals surface area contributed by atoms with E-state index >= 15 is 0 Å². The van der Waals surface area contributed by atoms with Gasteiger partial charge in [0.05, 0.1) is 27.9 Å². The van der Waals surface area contributed by atoms with Crippen LogP contribution in [0.25, 0.3) is 10.2 Å². The number of hydrogen-bond donors (Lipinski definition) is 0. The maximum absolute atomic E-state index is 13.6. The first-order valence-electron chi connectivity index (χ1n) is 11.1. The van der Waals surface area contributed by atoms with Gasteiger partial charge >= 0.3 is 0 Å². The van der Waals surface area contributed by atoms with Crippen LogP contribution in [0.3, 0.4) is 0 Å². The van der Waals surface area contributed by atoms with Crippen LogP contribution in [0.5, 0.6) is 0 Å². The summed E-state index contributed by atoms with van der Waals surface area (Å²) in [5.74, 6) is 0.344. The average Bonchev–Trinajstić information content (AvgIpc) is 3.48. The Morgan fingerprint density at radius 3 is 2.32 bits per heavy atom.